The monoisotopic (exact) mass is 504 g/mol. The number of halogens is 2. The summed E-state index contributed by atoms with van der Waals surface area (Å²) < 4.78 is 78.9. The highest BCUT2D eigenvalue weighted by molar-refractivity contribution is 7.80. The molecule has 6 atom stereocenters. The molecule has 0 heterocycles. The highest BCUT2D eigenvalue weighted by atomic mass is 32.3. The van der Waals surface area contributed by atoms with Crippen LogP contribution >= 0.6 is 0 Å². The molecule has 1 aromatic rings. The molecule has 0 amide bonds. The third-order valence-corrected chi connectivity index (χ3v) is 7.70. The molecule has 3 aliphatic rings. The van der Waals surface area contributed by atoms with Crippen LogP contribution in [0.5, 0.6) is 5.75 Å². The maximum atomic E-state index is 14.9. The molecule has 1 aromatic carbocycles. The van der Waals surface area contributed by atoms with Gasteiger partial charge in [-0.2, -0.15) is 0 Å². The van der Waals surface area contributed by atoms with Crippen LogP contribution in [0.4, 0.5) is 8.78 Å². The molecule has 0 N–H and O–H groups in total. The van der Waals surface area contributed by atoms with Crippen molar-refractivity contribution in [2.24, 2.45) is 17.3 Å². The lowest BCUT2D eigenvalue weighted by Gasteiger charge is -2.50. The molecular formula is C24H37F2NO6S. The Kier molecular flexibility index (Phi) is 7.99. The van der Waals surface area contributed by atoms with Crippen LogP contribution in [-0.4, -0.2) is 71.8 Å². The van der Waals surface area contributed by atoms with Gasteiger partial charge in [-0.1, -0.05) is 13.0 Å². The molecule has 2 saturated carbocycles. The number of methoxy groups -OCH3 is 1. The van der Waals surface area contributed by atoms with Crippen molar-refractivity contribution in [2.75, 3.05) is 42.1 Å². The lowest BCUT2D eigenvalue weighted by atomic mass is 9.55. The second kappa shape index (κ2) is 9.97. The zero-order valence-electron chi connectivity index (χ0n) is 20.8. The van der Waals surface area contributed by atoms with E-state index in [-0.39, 0.29) is 42.5 Å². The maximum absolute atomic E-state index is 14.9. The van der Waals surface area contributed by atoms with E-state index < -0.39 is 28.1 Å². The van der Waals surface area contributed by atoms with E-state index in [9.17, 15) is 21.8 Å². The first kappa shape index (κ1) is 27.3. The van der Waals surface area contributed by atoms with Gasteiger partial charge < -0.3 is 18.5 Å². The first-order chi connectivity index (χ1) is 15.7. The van der Waals surface area contributed by atoms with E-state index in [2.05, 4.69) is 32.4 Å². The minimum Gasteiger partial charge on any atom is -0.726 e. The second-order valence-corrected chi connectivity index (χ2v) is 12.3. The van der Waals surface area contributed by atoms with Gasteiger partial charge in [-0.25, -0.2) is 17.2 Å². The first-order valence-electron chi connectivity index (χ1n) is 11.7. The number of benzene rings is 1. The van der Waals surface area contributed by atoms with Gasteiger partial charge in [-0.3, -0.25) is 4.18 Å². The summed E-state index contributed by atoms with van der Waals surface area (Å²) in [6.45, 7) is 1.78. The average molecular weight is 505 g/mol. The van der Waals surface area contributed by atoms with Crippen LogP contribution in [0.2, 0.25) is 0 Å². The highest BCUT2D eigenvalue weighted by Gasteiger charge is 2.60. The van der Waals surface area contributed by atoms with Gasteiger partial charge in [-0.05, 0) is 67.1 Å². The molecule has 0 aliphatic heterocycles. The first-order valence-corrected chi connectivity index (χ1v) is 13.0. The largest absolute Gasteiger partial charge is 0.726 e. The molecule has 0 spiro atoms. The quantitative estimate of drug-likeness (QED) is 0.263. The van der Waals surface area contributed by atoms with Gasteiger partial charge in [0, 0.05) is 12.5 Å². The van der Waals surface area contributed by atoms with Crippen LogP contribution in [-0.2, 0) is 25.7 Å². The van der Waals surface area contributed by atoms with Crippen molar-refractivity contribution in [3.8, 4) is 5.75 Å². The van der Waals surface area contributed by atoms with Crippen LogP contribution in [0.25, 0.3) is 0 Å². The van der Waals surface area contributed by atoms with Gasteiger partial charge in [0.25, 0.3) is 0 Å². The number of hydrogen-bond acceptors (Lipinski definition) is 6. The number of rotatable bonds is 5. The van der Waals surface area contributed by atoms with E-state index in [4.69, 9.17) is 9.47 Å². The molecule has 0 aromatic heterocycles. The molecule has 0 unspecified atom stereocenters. The summed E-state index contributed by atoms with van der Waals surface area (Å²) in [5.74, 6) is -0.183. The molecule has 2 fully saturated rings. The summed E-state index contributed by atoms with van der Waals surface area (Å²) in [6, 6.07) is 3.48. The number of hydrogen-bond donors (Lipinski definition) is 0. The number of quaternary nitrogens is 1. The lowest BCUT2D eigenvalue weighted by molar-refractivity contribution is -0.849. The summed E-state index contributed by atoms with van der Waals surface area (Å²) in [6.07, 6.45) is -0.247. The van der Waals surface area contributed by atoms with Crippen LogP contribution in [0, 0.1) is 23.1 Å². The smallest absolute Gasteiger partial charge is 0.218 e. The Labute approximate surface area is 201 Å². The molecule has 4 rings (SSSR count). The standard InChI is InChI=1S/C20H26F2O6S.C4H12N/c1-20-8-7-12-11-5-6-17(27-10-26-2)18(22)14(11)4-3-13(12)15(20)9-16(21)19(20)28-29(23,24)25;1-5(2,3)4/h5-6,12-13,15-16,19H,3-4,7-10H2,1-2H3,(H,23,24,25);1-4H3/q;+1/p-1/t12-,13-,15+,16-,19+,20+;/m1./s1/i21-1;. The van der Waals surface area contributed by atoms with Gasteiger partial charge in [0.1, 0.15) is 12.3 Å². The molecule has 0 bridgehead atoms. The summed E-state index contributed by atoms with van der Waals surface area (Å²) in [4.78, 5) is 0. The zero-order chi connectivity index (χ0) is 25.5. The summed E-state index contributed by atoms with van der Waals surface area (Å²) in [5.41, 5.74) is 0.824. The van der Waals surface area contributed by atoms with Crippen molar-refractivity contribution in [3.63, 3.8) is 0 Å². The highest BCUT2D eigenvalue weighted by Crippen LogP contribution is 2.62. The van der Waals surface area contributed by atoms with Crippen molar-refractivity contribution in [1.29, 1.82) is 0 Å². The molecule has 0 radical (unpaired) electrons. The van der Waals surface area contributed by atoms with E-state index in [0.717, 1.165) is 10.0 Å². The Bertz CT molecular complexity index is 976. The Hall–Kier alpha value is -1.33. The third kappa shape index (κ3) is 5.90. The number of alkyl halides is 1. The van der Waals surface area contributed by atoms with E-state index >= 15 is 0 Å². The minimum atomic E-state index is -4.99. The number of ether oxygens (including phenoxy) is 2. The molecule has 0 saturated heterocycles. The zero-order valence-corrected chi connectivity index (χ0v) is 21.7. The van der Waals surface area contributed by atoms with Crippen molar-refractivity contribution in [1.82, 2.24) is 0 Å². The van der Waals surface area contributed by atoms with E-state index in [0.29, 0.717) is 31.2 Å². The van der Waals surface area contributed by atoms with Gasteiger partial charge in [0.2, 0.25) is 10.4 Å². The van der Waals surface area contributed by atoms with E-state index in [1.54, 1.807) is 6.07 Å². The fourth-order valence-electron chi connectivity index (χ4n) is 6.06. The van der Waals surface area contributed by atoms with Crippen molar-refractivity contribution in [3.05, 3.63) is 29.1 Å². The predicted octanol–water partition coefficient (Wildman–Crippen LogP) is 3.78. The Morgan fingerprint density at radius 3 is 2.44 bits per heavy atom. The van der Waals surface area contributed by atoms with Gasteiger partial charge in [0.05, 0.1) is 28.2 Å². The summed E-state index contributed by atoms with van der Waals surface area (Å²) in [7, 11) is 4.98. The molecule has 34 heavy (non-hydrogen) atoms. The van der Waals surface area contributed by atoms with E-state index in [1.165, 1.54) is 7.11 Å². The molecule has 10 heteroatoms. The molecule has 7 nitrogen and oxygen atoms in total. The topological polar surface area (TPSA) is 84.9 Å². The van der Waals surface area contributed by atoms with Crippen molar-refractivity contribution >= 4 is 10.4 Å². The van der Waals surface area contributed by atoms with Crippen LogP contribution in [0.1, 0.15) is 49.7 Å². The molecule has 3 aliphatic carbocycles. The fraction of sp³-hybridized carbons (Fsp3) is 0.750. The summed E-state index contributed by atoms with van der Waals surface area (Å²) >= 11 is 0. The Morgan fingerprint density at radius 2 is 1.85 bits per heavy atom. The lowest BCUT2D eigenvalue weighted by Crippen LogP contribution is -2.46. The fourth-order valence-corrected chi connectivity index (χ4v) is 6.65. The van der Waals surface area contributed by atoms with Gasteiger partial charge in [-0.15, -0.1) is 0 Å². The number of fused-ring (bicyclic) bond motifs is 5. The SMILES string of the molecule is COCOc1ccc2c(c1F)CC[C@@H]1[C@@H]2CC[C@@]2(C)[C@H]1C[C@@H]([18F])[C@@H]2OS(=O)(=O)[O-].C[N+](C)(C)C. The minimum absolute atomic E-state index is 0.0376. The average Bonchev–Trinajstić information content (AvgIpc) is 2.95. The Morgan fingerprint density at radius 1 is 1.21 bits per heavy atom. The predicted molar refractivity (Wildman–Crippen MR) is 122 cm³/mol. The number of nitrogens with zero attached hydrogens (tertiary/aromatic N) is 1. The molecule has 194 valence electrons. The molecular weight excluding hydrogens is 467 g/mol. The van der Waals surface area contributed by atoms with Crippen LogP contribution < -0.4 is 4.74 Å². The summed E-state index contributed by atoms with van der Waals surface area (Å²) in [5, 5.41) is 0. The second-order valence-electron chi connectivity index (χ2n) is 11.3. The Balaban J connectivity index is 0.000000588. The van der Waals surface area contributed by atoms with Gasteiger partial charge >= 0.3 is 0 Å². The van der Waals surface area contributed by atoms with Crippen molar-refractivity contribution < 1.29 is 39.9 Å². The normalized spacial score (nSPS) is 32.7. The van der Waals surface area contributed by atoms with Crippen molar-refractivity contribution in [2.45, 2.75) is 57.2 Å². The maximum Gasteiger partial charge on any atom is 0.218 e. The van der Waals surface area contributed by atoms with Crippen LogP contribution in [0.15, 0.2) is 12.1 Å². The van der Waals surface area contributed by atoms with Gasteiger partial charge in [0.15, 0.2) is 18.4 Å². The van der Waals surface area contributed by atoms with Crippen LogP contribution in [0.3, 0.4) is 0 Å². The third-order valence-electron chi connectivity index (χ3n) is 7.26. The van der Waals surface area contributed by atoms with E-state index in [1.807, 2.05) is 13.0 Å².